The van der Waals surface area contributed by atoms with Crippen LogP contribution in [0.15, 0.2) is 36.4 Å². The fourth-order valence-corrected chi connectivity index (χ4v) is 2.10. The summed E-state index contributed by atoms with van der Waals surface area (Å²) in [6, 6.07) is 10.4. The molecular formula is C18H20N2O4. The van der Waals surface area contributed by atoms with E-state index in [1.54, 1.807) is 24.3 Å². The number of hydrogen-bond acceptors (Lipinski definition) is 4. The number of anilines is 2. The molecular weight excluding hydrogens is 308 g/mol. The van der Waals surface area contributed by atoms with E-state index in [9.17, 15) is 9.59 Å². The molecule has 0 radical (unpaired) electrons. The summed E-state index contributed by atoms with van der Waals surface area (Å²) in [5, 5.41) is 5.10. The van der Waals surface area contributed by atoms with Gasteiger partial charge < -0.3 is 20.1 Å². The number of rotatable bonds is 4. The van der Waals surface area contributed by atoms with Crippen LogP contribution in [-0.2, 0) is 9.59 Å². The highest BCUT2D eigenvalue weighted by atomic mass is 16.5. The molecule has 0 fully saturated rings. The second kappa shape index (κ2) is 7.50. The lowest BCUT2D eigenvalue weighted by Gasteiger charge is -2.12. The summed E-state index contributed by atoms with van der Waals surface area (Å²) in [7, 11) is 2.99. The maximum absolute atomic E-state index is 12.1. The first kappa shape index (κ1) is 17.3. The third-order valence-electron chi connectivity index (χ3n) is 3.63. The number of nitrogens with one attached hydrogen (secondary N) is 2. The fourth-order valence-electron chi connectivity index (χ4n) is 2.10. The third kappa shape index (κ3) is 4.04. The van der Waals surface area contributed by atoms with Crippen molar-refractivity contribution in [3.8, 4) is 11.5 Å². The molecule has 0 aromatic heterocycles. The van der Waals surface area contributed by atoms with E-state index in [1.165, 1.54) is 14.2 Å². The predicted octanol–water partition coefficient (Wildman–Crippen LogP) is 2.90. The van der Waals surface area contributed by atoms with E-state index in [0.717, 1.165) is 11.1 Å². The van der Waals surface area contributed by atoms with Crippen LogP contribution in [0.5, 0.6) is 11.5 Å². The highest BCUT2D eigenvalue weighted by molar-refractivity contribution is 6.43. The van der Waals surface area contributed by atoms with Crippen LogP contribution in [0.25, 0.3) is 0 Å². The molecule has 126 valence electrons. The molecule has 0 saturated heterocycles. The number of carbonyl (C=O) groups is 2. The molecule has 0 aliphatic heterocycles. The molecule has 0 heterocycles. The molecule has 0 spiro atoms. The number of ether oxygens (including phenoxy) is 2. The number of carbonyl (C=O) groups excluding carboxylic acids is 2. The van der Waals surface area contributed by atoms with Crippen LogP contribution in [0.4, 0.5) is 11.4 Å². The number of hydrogen-bond donors (Lipinski definition) is 2. The van der Waals surface area contributed by atoms with E-state index in [0.29, 0.717) is 22.9 Å². The van der Waals surface area contributed by atoms with Crippen LogP contribution in [-0.4, -0.2) is 26.0 Å². The predicted molar refractivity (Wildman–Crippen MR) is 92.7 cm³/mol. The van der Waals surface area contributed by atoms with Crippen molar-refractivity contribution in [2.75, 3.05) is 24.9 Å². The Morgan fingerprint density at radius 2 is 1.54 bits per heavy atom. The smallest absolute Gasteiger partial charge is 0.314 e. The van der Waals surface area contributed by atoms with E-state index in [2.05, 4.69) is 10.6 Å². The number of amides is 2. The highest BCUT2D eigenvalue weighted by Gasteiger charge is 2.17. The van der Waals surface area contributed by atoms with Gasteiger partial charge in [0.15, 0.2) is 0 Å². The molecule has 2 aromatic carbocycles. The summed E-state index contributed by atoms with van der Waals surface area (Å²) in [6.07, 6.45) is 0. The first-order valence-electron chi connectivity index (χ1n) is 7.36. The van der Waals surface area contributed by atoms with E-state index < -0.39 is 11.8 Å². The molecule has 2 aromatic rings. The van der Waals surface area contributed by atoms with Gasteiger partial charge in [0, 0.05) is 11.8 Å². The summed E-state index contributed by atoms with van der Waals surface area (Å²) in [5.41, 5.74) is 3.06. The molecule has 6 heteroatoms. The zero-order valence-electron chi connectivity index (χ0n) is 14.1. The van der Waals surface area contributed by atoms with Gasteiger partial charge in [0.1, 0.15) is 11.5 Å². The quantitative estimate of drug-likeness (QED) is 0.846. The molecule has 24 heavy (non-hydrogen) atoms. The molecule has 0 saturated carbocycles. The Hall–Kier alpha value is -3.02. The maximum Gasteiger partial charge on any atom is 0.314 e. The van der Waals surface area contributed by atoms with Crippen molar-refractivity contribution in [3.63, 3.8) is 0 Å². The summed E-state index contributed by atoms with van der Waals surface area (Å²) >= 11 is 0. The Kier molecular flexibility index (Phi) is 5.42. The van der Waals surface area contributed by atoms with Crippen LogP contribution in [0.3, 0.4) is 0 Å². The summed E-state index contributed by atoms with van der Waals surface area (Å²) in [5.74, 6) is -0.577. The van der Waals surface area contributed by atoms with Gasteiger partial charge in [0.25, 0.3) is 0 Å². The lowest BCUT2D eigenvalue weighted by atomic mass is 10.1. The monoisotopic (exact) mass is 328 g/mol. The van der Waals surface area contributed by atoms with E-state index >= 15 is 0 Å². The minimum absolute atomic E-state index is 0.358. The Bertz CT molecular complexity index is 772. The topological polar surface area (TPSA) is 76.7 Å². The Labute approximate surface area is 140 Å². The molecule has 0 unspecified atom stereocenters. The number of benzene rings is 2. The lowest BCUT2D eigenvalue weighted by Crippen LogP contribution is -2.29. The van der Waals surface area contributed by atoms with E-state index in [1.807, 2.05) is 26.0 Å². The number of aryl methyl sites for hydroxylation is 2. The minimum Gasteiger partial charge on any atom is -0.497 e. The molecule has 2 amide bonds. The lowest BCUT2D eigenvalue weighted by molar-refractivity contribution is -0.133. The summed E-state index contributed by atoms with van der Waals surface area (Å²) in [4.78, 5) is 24.2. The van der Waals surface area contributed by atoms with Gasteiger partial charge in [0.05, 0.1) is 19.9 Å². The second-order valence-corrected chi connectivity index (χ2v) is 5.27. The van der Waals surface area contributed by atoms with Crippen molar-refractivity contribution in [1.82, 2.24) is 0 Å². The van der Waals surface area contributed by atoms with Gasteiger partial charge in [-0.2, -0.15) is 0 Å². The van der Waals surface area contributed by atoms with Gasteiger partial charge in [-0.3, -0.25) is 9.59 Å². The van der Waals surface area contributed by atoms with Crippen molar-refractivity contribution in [3.05, 3.63) is 47.5 Å². The third-order valence-corrected chi connectivity index (χ3v) is 3.63. The zero-order valence-corrected chi connectivity index (χ0v) is 14.1. The van der Waals surface area contributed by atoms with Gasteiger partial charge in [0.2, 0.25) is 0 Å². The van der Waals surface area contributed by atoms with E-state index in [-0.39, 0.29) is 0 Å². The van der Waals surface area contributed by atoms with Crippen LogP contribution < -0.4 is 20.1 Å². The van der Waals surface area contributed by atoms with Crippen molar-refractivity contribution >= 4 is 23.2 Å². The fraction of sp³-hybridized carbons (Fsp3) is 0.222. The SMILES string of the molecule is COc1ccc(OC)c(NC(=O)C(=O)Nc2ccc(C)c(C)c2)c1. The number of methoxy groups -OCH3 is 2. The van der Waals surface area contributed by atoms with Gasteiger partial charge in [-0.1, -0.05) is 6.07 Å². The molecule has 0 atom stereocenters. The highest BCUT2D eigenvalue weighted by Crippen LogP contribution is 2.28. The molecule has 0 bridgehead atoms. The molecule has 0 aliphatic rings. The first-order chi connectivity index (χ1) is 11.4. The first-order valence-corrected chi connectivity index (χ1v) is 7.36. The van der Waals surface area contributed by atoms with Crippen LogP contribution in [0, 0.1) is 13.8 Å². The zero-order chi connectivity index (χ0) is 17.7. The van der Waals surface area contributed by atoms with E-state index in [4.69, 9.17) is 9.47 Å². The van der Waals surface area contributed by atoms with Crippen LogP contribution in [0.1, 0.15) is 11.1 Å². The Balaban J connectivity index is 2.11. The van der Waals surface area contributed by atoms with Gasteiger partial charge >= 0.3 is 11.8 Å². The average molecular weight is 328 g/mol. The molecule has 0 aliphatic carbocycles. The van der Waals surface area contributed by atoms with Gasteiger partial charge in [-0.25, -0.2) is 0 Å². The van der Waals surface area contributed by atoms with Crippen molar-refractivity contribution in [1.29, 1.82) is 0 Å². The largest absolute Gasteiger partial charge is 0.497 e. The standard InChI is InChI=1S/C18H20N2O4/c1-11-5-6-13(9-12(11)2)19-17(21)18(22)20-15-10-14(23-3)7-8-16(15)24-4/h5-10H,1-4H3,(H,19,21)(H,20,22). The van der Waals surface area contributed by atoms with Crippen molar-refractivity contribution in [2.45, 2.75) is 13.8 Å². The second-order valence-electron chi connectivity index (χ2n) is 5.27. The molecule has 2 N–H and O–H groups in total. The van der Waals surface area contributed by atoms with Crippen LogP contribution in [0.2, 0.25) is 0 Å². The van der Waals surface area contributed by atoms with Crippen molar-refractivity contribution in [2.24, 2.45) is 0 Å². The molecule has 2 rings (SSSR count). The summed E-state index contributed by atoms with van der Waals surface area (Å²) < 4.78 is 10.3. The average Bonchev–Trinajstić information content (AvgIpc) is 2.58. The minimum atomic E-state index is -0.792. The van der Waals surface area contributed by atoms with Crippen molar-refractivity contribution < 1.29 is 19.1 Å². The Morgan fingerprint density at radius 3 is 2.17 bits per heavy atom. The maximum atomic E-state index is 12.1. The normalized spacial score (nSPS) is 10.0. The van der Waals surface area contributed by atoms with Crippen LogP contribution >= 0.6 is 0 Å². The Morgan fingerprint density at radius 1 is 0.833 bits per heavy atom. The summed E-state index contributed by atoms with van der Waals surface area (Å²) in [6.45, 7) is 3.91. The molecule has 6 nitrogen and oxygen atoms in total. The van der Waals surface area contributed by atoms with Gasteiger partial charge in [-0.15, -0.1) is 0 Å². The van der Waals surface area contributed by atoms with Gasteiger partial charge in [-0.05, 0) is 49.2 Å².